The molecule has 4 nitrogen and oxygen atoms in total. The van der Waals surface area contributed by atoms with Crippen LogP contribution < -0.4 is 10.6 Å². The number of benzene rings is 2. The Labute approximate surface area is 150 Å². The molecule has 1 amide bonds. The van der Waals surface area contributed by atoms with Crippen molar-refractivity contribution >= 4 is 17.3 Å². The Hall–Kier alpha value is -2.49. The Morgan fingerprint density at radius 2 is 2.00 bits per heavy atom. The maximum Gasteiger partial charge on any atom is 0.223 e. The van der Waals surface area contributed by atoms with Gasteiger partial charge in [0, 0.05) is 38.4 Å². The van der Waals surface area contributed by atoms with Crippen LogP contribution in [-0.2, 0) is 11.2 Å². The quantitative estimate of drug-likeness (QED) is 0.848. The number of carbonyl (C=O) groups excluding carboxylic acids is 1. The smallest absolute Gasteiger partial charge is 0.223 e. The molecule has 0 spiro atoms. The van der Waals surface area contributed by atoms with Crippen LogP contribution in [-0.4, -0.2) is 31.4 Å². The van der Waals surface area contributed by atoms with Gasteiger partial charge in [-0.3, -0.25) is 4.79 Å². The summed E-state index contributed by atoms with van der Waals surface area (Å²) in [4.78, 5) is 17.0. The number of hydrogen-bond donors (Lipinski definition) is 1. The summed E-state index contributed by atoms with van der Waals surface area (Å²) in [6, 6.07) is 16.5. The normalized spacial score (nSPS) is 16.9. The summed E-state index contributed by atoms with van der Waals surface area (Å²) in [6.07, 6.45) is 3.32. The van der Waals surface area contributed by atoms with Gasteiger partial charge in [0.05, 0.1) is 6.04 Å². The molecule has 132 valence electrons. The Morgan fingerprint density at radius 1 is 1.20 bits per heavy atom. The first-order valence-corrected chi connectivity index (χ1v) is 8.96. The average molecular weight is 337 g/mol. The van der Waals surface area contributed by atoms with E-state index in [2.05, 4.69) is 29.2 Å². The lowest BCUT2D eigenvalue weighted by Crippen LogP contribution is -2.30. The van der Waals surface area contributed by atoms with Crippen molar-refractivity contribution in [2.75, 3.05) is 31.3 Å². The maximum atomic E-state index is 12.8. The van der Waals surface area contributed by atoms with Crippen molar-refractivity contribution < 1.29 is 4.79 Å². The summed E-state index contributed by atoms with van der Waals surface area (Å²) in [5.74, 6) is 0.223. The molecule has 2 aromatic rings. The number of likely N-dealkylation sites (tertiary alicyclic amines) is 1. The van der Waals surface area contributed by atoms with E-state index in [0.29, 0.717) is 12.8 Å². The van der Waals surface area contributed by atoms with E-state index in [1.807, 2.05) is 43.3 Å². The second kappa shape index (κ2) is 7.60. The molecule has 3 rings (SSSR count). The first kappa shape index (κ1) is 17.3. The van der Waals surface area contributed by atoms with Crippen molar-refractivity contribution in [3.63, 3.8) is 0 Å². The van der Waals surface area contributed by atoms with Gasteiger partial charge in [-0.15, -0.1) is 0 Å². The monoisotopic (exact) mass is 337 g/mol. The van der Waals surface area contributed by atoms with Crippen LogP contribution in [0.1, 0.15) is 36.4 Å². The van der Waals surface area contributed by atoms with Gasteiger partial charge in [-0.05, 0) is 48.6 Å². The van der Waals surface area contributed by atoms with E-state index in [1.54, 1.807) is 0 Å². The minimum absolute atomic E-state index is 0.195. The molecule has 1 unspecified atom stereocenters. The number of carbonyl (C=O) groups is 1. The lowest BCUT2D eigenvalue weighted by Gasteiger charge is -2.26. The number of nitrogens with two attached hydrogens (primary N) is 1. The van der Waals surface area contributed by atoms with Crippen LogP contribution >= 0.6 is 0 Å². The van der Waals surface area contributed by atoms with E-state index in [9.17, 15) is 4.79 Å². The Balaban J connectivity index is 1.70. The molecule has 4 heteroatoms. The third-order valence-electron chi connectivity index (χ3n) is 5.01. The van der Waals surface area contributed by atoms with Gasteiger partial charge < -0.3 is 15.5 Å². The van der Waals surface area contributed by atoms with Crippen molar-refractivity contribution in [3.05, 3.63) is 59.7 Å². The number of nitrogens with zero attached hydrogens (tertiary/aromatic N) is 2. The molecule has 1 aliphatic heterocycles. The molecule has 2 N–H and O–H groups in total. The van der Waals surface area contributed by atoms with Gasteiger partial charge in [-0.25, -0.2) is 0 Å². The predicted molar refractivity (Wildman–Crippen MR) is 104 cm³/mol. The second-order valence-electron chi connectivity index (χ2n) is 6.93. The molecule has 0 saturated carbocycles. The Kier molecular flexibility index (Phi) is 5.27. The van der Waals surface area contributed by atoms with Gasteiger partial charge in [0.15, 0.2) is 0 Å². The number of anilines is 2. The molecule has 1 saturated heterocycles. The third-order valence-corrected chi connectivity index (χ3v) is 5.01. The summed E-state index contributed by atoms with van der Waals surface area (Å²) in [5.41, 5.74) is 10.2. The molecule has 1 atom stereocenters. The molecule has 1 aliphatic rings. The largest absolute Gasteiger partial charge is 0.399 e. The van der Waals surface area contributed by atoms with Gasteiger partial charge in [-0.1, -0.05) is 30.3 Å². The molecule has 1 heterocycles. The molecule has 0 bridgehead atoms. The fraction of sp³-hybridized carbons (Fsp3) is 0.381. The number of amides is 1. The SMILES string of the molecule is CN(C)c1cccc(C2CCCN2C(=O)CCc2ccccc2N)c1. The summed E-state index contributed by atoms with van der Waals surface area (Å²) >= 11 is 0. The first-order chi connectivity index (χ1) is 12.1. The summed E-state index contributed by atoms with van der Waals surface area (Å²) < 4.78 is 0. The zero-order valence-electron chi connectivity index (χ0n) is 15.1. The van der Waals surface area contributed by atoms with Gasteiger partial charge in [-0.2, -0.15) is 0 Å². The molecule has 1 fully saturated rings. The van der Waals surface area contributed by atoms with Crippen LogP contribution in [0.4, 0.5) is 11.4 Å². The van der Waals surface area contributed by atoms with E-state index >= 15 is 0 Å². The molecule has 0 aliphatic carbocycles. The lowest BCUT2D eigenvalue weighted by atomic mass is 10.0. The number of hydrogen-bond acceptors (Lipinski definition) is 3. The van der Waals surface area contributed by atoms with Crippen LogP contribution in [0.3, 0.4) is 0 Å². The van der Waals surface area contributed by atoms with Crippen LogP contribution in [0.25, 0.3) is 0 Å². The number of aryl methyl sites for hydroxylation is 1. The molecular formula is C21H27N3O. The number of nitrogen functional groups attached to an aromatic ring is 1. The number of para-hydroxylation sites is 1. The number of rotatable bonds is 5. The van der Waals surface area contributed by atoms with Gasteiger partial charge in [0.1, 0.15) is 0 Å². The molecular weight excluding hydrogens is 310 g/mol. The molecule has 25 heavy (non-hydrogen) atoms. The third kappa shape index (κ3) is 3.95. The predicted octanol–water partition coefficient (Wildman–Crippen LogP) is 3.63. The van der Waals surface area contributed by atoms with Crippen molar-refractivity contribution in [1.29, 1.82) is 0 Å². The standard InChI is InChI=1S/C21H27N3O/c1-23(2)18-9-5-8-17(15-18)20-11-6-14-24(20)21(25)13-12-16-7-3-4-10-19(16)22/h3-5,7-10,15,20H,6,11-14,22H2,1-2H3. The highest BCUT2D eigenvalue weighted by atomic mass is 16.2. The van der Waals surface area contributed by atoms with E-state index in [0.717, 1.165) is 30.6 Å². The van der Waals surface area contributed by atoms with Crippen LogP contribution in [0.2, 0.25) is 0 Å². The molecule has 0 radical (unpaired) electrons. The van der Waals surface area contributed by atoms with Crippen LogP contribution in [0.15, 0.2) is 48.5 Å². The Morgan fingerprint density at radius 3 is 2.76 bits per heavy atom. The van der Waals surface area contributed by atoms with E-state index in [-0.39, 0.29) is 11.9 Å². The molecule has 2 aromatic carbocycles. The van der Waals surface area contributed by atoms with Crippen molar-refractivity contribution in [3.8, 4) is 0 Å². The lowest BCUT2D eigenvalue weighted by molar-refractivity contribution is -0.132. The van der Waals surface area contributed by atoms with Gasteiger partial charge in [0.25, 0.3) is 0 Å². The topological polar surface area (TPSA) is 49.6 Å². The zero-order chi connectivity index (χ0) is 17.8. The van der Waals surface area contributed by atoms with E-state index in [1.165, 1.54) is 11.3 Å². The highest BCUT2D eigenvalue weighted by molar-refractivity contribution is 5.77. The van der Waals surface area contributed by atoms with Crippen LogP contribution in [0.5, 0.6) is 0 Å². The van der Waals surface area contributed by atoms with Crippen LogP contribution in [0, 0.1) is 0 Å². The van der Waals surface area contributed by atoms with E-state index in [4.69, 9.17) is 5.73 Å². The summed E-state index contributed by atoms with van der Waals surface area (Å²) in [5, 5.41) is 0. The summed E-state index contributed by atoms with van der Waals surface area (Å²) in [7, 11) is 4.09. The Bertz CT molecular complexity index is 741. The minimum Gasteiger partial charge on any atom is -0.399 e. The second-order valence-corrected chi connectivity index (χ2v) is 6.93. The van der Waals surface area contributed by atoms with Gasteiger partial charge in [0.2, 0.25) is 5.91 Å². The maximum absolute atomic E-state index is 12.8. The van der Waals surface area contributed by atoms with Gasteiger partial charge >= 0.3 is 0 Å². The molecule has 0 aromatic heterocycles. The van der Waals surface area contributed by atoms with Crippen molar-refractivity contribution in [1.82, 2.24) is 4.90 Å². The van der Waals surface area contributed by atoms with E-state index < -0.39 is 0 Å². The highest BCUT2D eigenvalue weighted by Gasteiger charge is 2.29. The minimum atomic E-state index is 0.195. The zero-order valence-corrected chi connectivity index (χ0v) is 15.1. The summed E-state index contributed by atoms with van der Waals surface area (Å²) in [6.45, 7) is 0.847. The fourth-order valence-corrected chi connectivity index (χ4v) is 3.57. The highest BCUT2D eigenvalue weighted by Crippen LogP contribution is 2.34. The average Bonchev–Trinajstić information content (AvgIpc) is 3.11. The fourth-order valence-electron chi connectivity index (χ4n) is 3.57. The van der Waals surface area contributed by atoms with Crippen molar-refractivity contribution in [2.45, 2.75) is 31.7 Å². The first-order valence-electron chi connectivity index (χ1n) is 8.96. The van der Waals surface area contributed by atoms with Crippen molar-refractivity contribution in [2.24, 2.45) is 0 Å².